The lowest BCUT2D eigenvalue weighted by atomic mass is 10.1. The highest BCUT2D eigenvalue weighted by Gasteiger charge is 2.23. The number of aryl methyl sites for hydroxylation is 2. The van der Waals surface area contributed by atoms with Crippen LogP contribution < -0.4 is 4.74 Å². The van der Waals surface area contributed by atoms with Crippen LogP contribution in [0.15, 0.2) is 24.3 Å². The number of aromatic nitrogens is 2. The van der Waals surface area contributed by atoms with Gasteiger partial charge in [-0.1, -0.05) is 6.07 Å². The van der Waals surface area contributed by atoms with Crippen LogP contribution >= 0.6 is 0 Å². The van der Waals surface area contributed by atoms with Gasteiger partial charge in [0.25, 0.3) is 0 Å². The summed E-state index contributed by atoms with van der Waals surface area (Å²) in [7, 11) is 1.71. The highest BCUT2D eigenvalue weighted by Crippen LogP contribution is 2.31. The Balaban J connectivity index is 2.35. The molecule has 110 valence electrons. The Morgan fingerprint density at radius 1 is 1.52 bits per heavy atom. The molecule has 1 heterocycles. The molecule has 0 saturated heterocycles. The summed E-state index contributed by atoms with van der Waals surface area (Å²) in [5.74, 6) is -1.54. The van der Waals surface area contributed by atoms with E-state index in [-0.39, 0.29) is 23.6 Å². The molecule has 8 heteroatoms. The maximum absolute atomic E-state index is 11.2. The summed E-state index contributed by atoms with van der Waals surface area (Å²) in [6.07, 6.45) is 0. The summed E-state index contributed by atoms with van der Waals surface area (Å²) >= 11 is 0. The monoisotopic (exact) mass is 291 g/mol. The van der Waals surface area contributed by atoms with Gasteiger partial charge in [-0.15, -0.1) is 0 Å². The van der Waals surface area contributed by atoms with Gasteiger partial charge in [-0.05, 0) is 19.1 Å². The van der Waals surface area contributed by atoms with Gasteiger partial charge < -0.3 is 9.84 Å². The number of nitro benzene ring substituents is 1. The molecule has 0 aliphatic carbocycles. The third-order valence-corrected chi connectivity index (χ3v) is 2.88. The predicted octanol–water partition coefficient (Wildman–Crippen LogP) is 1.91. The van der Waals surface area contributed by atoms with Crippen LogP contribution in [0.1, 0.15) is 21.7 Å². The van der Waals surface area contributed by atoms with Gasteiger partial charge in [0, 0.05) is 13.1 Å². The van der Waals surface area contributed by atoms with E-state index in [0.29, 0.717) is 5.69 Å². The van der Waals surface area contributed by atoms with Crippen LogP contribution in [-0.4, -0.2) is 25.8 Å². The Labute approximate surface area is 119 Å². The van der Waals surface area contributed by atoms with Crippen LogP contribution in [0.4, 0.5) is 5.69 Å². The summed E-state index contributed by atoms with van der Waals surface area (Å²) in [4.78, 5) is 21.5. The molecule has 1 aromatic carbocycles. The number of nitrogens with zero attached hydrogens (tertiary/aromatic N) is 3. The summed E-state index contributed by atoms with van der Waals surface area (Å²) in [6.45, 7) is 1.79. The molecule has 2 rings (SSSR count). The Bertz CT molecular complexity index is 676. The smallest absolute Gasteiger partial charge is 0.339 e. The average Bonchev–Trinajstić information content (AvgIpc) is 2.73. The standard InChI is InChI=1S/C13H13N3O5/c1-8-6-9(15(2)14-8)7-21-12-10(13(17)18)4-3-5-11(12)16(19)20/h3-6H,7H2,1-2H3,(H,17,18). The van der Waals surface area contributed by atoms with Gasteiger partial charge in [0.05, 0.1) is 16.3 Å². The van der Waals surface area contributed by atoms with Crippen LogP contribution in [0.2, 0.25) is 0 Å². The lowest BCUT2D eigenvalue weighted by Crippen LogP contribution is -2.08. The van der Waals surface area contributed by atoms with Crippen LogP contribution in [0, 0.1) is 17.0 Å². The fourth-order valence-electron chi connectivity index (χ4n) is 1.93. The van der Waals surface area contributed by atoms with E-state index in [0.717, 1.165) is 5.69 Å². The third kappa shape index (κ3) is 2.99. The van der Waals surface area contributed by atoms with Gasteiger partial charge in [-0.3, -0.25) is 14.8 Å². The number of hydrogen-bond acceptors (Lipinski definition) is 5. The van der Waals surface area contributed by atoms with Crippen molar-refractivity contribution in [2.75, 3.05) is 0 Å². The minimum Gasteiger partial charge on any atom is -0.480 e. The van der Waals surface area contributed by atoms with Crippen molar-refractivity contribution in [2.24, 2.45) is 7.05 Å². The normalized spacial score (nSPS) is 10.4. The van der Waals surface area contributed by atoms with Gasteiger partial charge in [0.2, 0.25) is 5.75 Å². The van der Waals surface area contributed by atoms with E-state index < -0.39 is 10.9 Å². The molecule has 1 aromatic heterocycles. The van der Waals surface area contributed by atoms with Crippen molar-refractivity contribution in [3.63, 3.8) is 0 Å². The average molecular weight is 291 g/mol. The number of ether oxygens (including phenoxy) is 1. The first-order chi connectivity index (χ1) is 9.90. The molecule has 0 atom stereocenters. The van der Waals surface area contributed by atoms with Crippen LogP contribution in [0.5, 0.6) is 5.75 Å². The number of aromatic carboxylic acids is 1. The molecule has 0 radical (unpaired) electrons. The first-order valence-electron chi connectivity index (χ1n) is 6.03. The number of benzene rings is 1. The molecular formula is C13H13N3O5. The molecule has 0 bridgehead atoms. The first kappa shape index (κ1) is 14.5. The van der Waals surface area contributed by atoms with E-state index in [1.165, 1.54) is 18.2 Å². The number of para-hydroxylation sites is 1. The second kappa shape index (κ2) is 5.61. The number of rotatable bonds is 5. The second-order valence-electron chi connectivity index (χ2n) is 4.41. The van der Waals surface area contributed by atoms with E-state index in [4.69, 9.17) is 9.84 Å². The van der Waals surface area contributed by atoms with E-state index in [1.54, 1.807) is 24.7 Å². The zero-order chi connectivity index (χ0) is 15.6. The number of carboxylic acids is 1. The van der Waals surface area contributed by atoms with Gasteiger partial charge in [-0.2, -0.15) is 5.10 Å². The van der Waals surface area contributed by atoms with Crippen molar-refractivity contribution in [2.45, 2.75) is 13.5 Å². The zero-order valence-corrected chi connectivity index (χ0v) is 11.4. The molecule has 2 aromatic rings. The maximum Gasteiger partial charge on any atom is 0.339 e. The van der Waals surface area contributed by atoms with Crippen LogP contribution in [0.25, 0.3) is 0 Å². The molecular weight excluding hydrogens is 278 g/mol. The Morgan fingerprint density at radius 2 is 2.24 bits per heavy atom. The third-order valence-electron chi connectivity index (χ3n) is 2.88. The van der Waals surface area contributed by atoms with Crippen molar-refractivity contribution in [3.05, 3.63) is 51.3 Å². The first-order valence-corrected chi connectivity index (χ1v) is 6.03. The molecule has 21 heavy (non-hydrogen) atoms. The van der Waals surface area contributed by atoms with Crippen LogP contribution in [0.3, 0.4) is 0 Å². The highest BCUT2D eigenvalue weighted by atomic mass is 16.6. The number of hydrogen-bond donors (Lipinski definition) is 1. The summed E-state index contributed by atoms with van der Waals surface area (Å²) in [5, 5.41) is 24.2. The van der Waals surface area contributed by atoms with Gasteiger partial charge in [0.15, 0.2) is 0 Å². The maximum atomic E-state index is 11.2. The van der Waals surface area contributed by atoms with Crippen molar-refractivity contribution in [3.8, 4) is 5.75 Å². The van der Waals surface area contributed by atoms with E-state index in [9.17, 15) is 14.9 Å². The number of carbonyl (C=O) groups is 1. The SMILES string of the molecule is Cc1cc(COc2c(C(=O)O)cccc2[N+](=O)[O-])n(C)n1. The van der Waals surface area contributed by atoms with E-state index in [2.05, 4.69) is 5.10 Å². The van der Waals surface area contributed by atoms with Crippen LogP contribution in [-0.2, 0) is 13.7 Å². The minimum absolute atomic E-state index is 0.0114. The molecule has 0 aliphatic rings. The molecule has 0 spiro atoms. The lowest BCUT2D eigenvalue weighted by molar-refractivity contribution is -0.386. The highest BCUT2D eigenvalue weighted by molar-refractivity contribution is 5.92. The minimum atomic E-state index is -1.28. The molecule has 0 unspecified atom stereocenters. The van der Waals surface area contributed by atoms with Crippen molar-refractivity contribution in [1.82, 2.24) is 9.78 Å². The molecule has 0 fully saturated rings. The van der Waals surface area contributed by atoms with E-state index >= 15 is 0 Å². The Hall–Kier alpha value is -2.90. The summed E-state index contributed by atoms with van der Waals surface area (Å²) in [5.41, 5.74) is 0.830. The topological polar surface area (TPSA) is 107 Å². The molecule has 1 N–H and O–H groups in total. The summed E-state index contributed by atoms with van der Waals surface area (Å²) < 4.78 is 6.96. The lowest BCUT2D eigenvalue weighted by Gasteiger charge is -2.09. The zero-order valence-electron chi connectivity index (χ0n) is 11.4. The molecule has 0 aliphatic heterocycles. The molecule has 0 saturated carbocycles. The molecule has 0 amide bonds. The Kier molecular flexibility index (Phi) is 3.88. The second-order valence-corrected chi connectivity index (χ2v) is 4.41. The van der Waals surface area contributed by atoms with E-state index in [1.807, 2.05) is 0 Å². The fraction of sp³-hybridized carbons (Fsp3) is 0.231. The quantitative estimate of drug-likeness (QED) is 0.666. The number of carboxylic acid groups (broad SMARTS) is 1. The largest absolute Gasteiger partial charge is 0.480 e. The van der Waals surface area contributed by atoms with Gasteiger partial charge >= 0.3 is 11.7 Å². The molecule has 8 nitrogen and oxygen atoms in total. The number of nitro groups is 1. The Morgan fingerprint density at radius 3 is 2.76 bits per heavy atom. The van der Waals surface area contributed by atoms with Crippen molar-refractivity contribution < 1.29 is 19.6 Å². The summed E-state index contributed by atoms with van der Waals surface area (Å²) in [6, 6.07) is 5.54. The van der Waals surface area contributed by atoms with Crippen molar-refractivity contribution >= 4 is 11.7 Å². The fourth-order valence-corrected chi connectivity index (χ4v) is 1.93. The van der Waals surface area contributed by atoms with Crippen molar-refractivity contribution in [1.29, 1.82) is 0 Å². The predicted molar refractivity (Wildman–Crippen MR) is 72.3 cm³/mol. The van der Waals surface area contributed by atoms with Gasteiger partial charge in [0.1, 0.15) is 12.2 Å². The van der Waals surface area contributed by atoms with Gasteiger partial charge in [-0.25, -0.2) is 4.79 Å².